The maximum Gasteiger partial charge on any atom is 0.221 e. The zero-order valence-electron chi connectivity index (χ0n) is 12.8. The molecule has 1 aromatic heterocycles. The predicted octanol–water partition coefficient (Wildman–Crippen LogP) is 2.80. The van der Waals surface area contributed by atoms with Gasteiger partial charge in [0.25, 0.3) is 0 Å². The molecule has 116 valence electrons. The first kappa shape index (κ1) is 14.8. The van der Waals surface area contributed by atoms with E-state index in [4.69, 9.17) is 4.52 Å². The van der Waals surface area contributed by atoms with Gasteiger partial charge in [0.1, 0.15) is 11.5 Å². The number of rotatable bonds is 5. The first-order chi connectivity index (χ1) is 10.7. The molecule has 1 amide bonds. The zero-order valence-corrected chi connectivity index (χ0v) is 12.8. The fourth-order valence-corrected chi connectivity index (χ4v) is 2.82. The van der Waals surface area contributed by atoms with Crippen LogP contribution in [0.2, 0.25) is 0 Å². The van der Waals surface area contributed by atoms with Gasteiger partial charge in [0.2, 0.25) is 5.91 Å². The van der Waals surface area contributed by atoms with Crippen molar-refractivity contribution in [2.45, 2.75) is 45.7 Å². The Morgan fingerprint density at radius 2 is 1.95 bits per heavy atom. The monoisotopic (exact) mass is 299 g/mol. The van der Waals surface area contributed by atoms with Crippen LogP contribution in [0, 0.1) is 0 Å². The third kappa shape index (κ3) is 3.54. The van der Waals surface area contributed by atoms with Crippen molar-refractivity contribution < 1.29 is 9.32 Å². The number of benzene rings is 1. The lowest BCUT2D eigenvalue weighted by Gasteiger charge is -2.10. The fourth-order valence-electron chi connectivity index (χ4n) is 2.82. The van der Waals surface area contributed by atoms with Gasteiger partial charge in [0.05, 0.1) is 0 Å². The molecule has 0 bridgehead atoms. The lowest BCUT2D eigenvalue weighted by atomic mass is 9.96. The van der Waals surface area contributed by atoms with Crippen LogP contribution in [0.1, 0.15) is 42.3 Å². The number of aryl methyl sites for hydroxylation is 1. The van der Waals surface area contributed by atoms with Gasteiger partial charge in [-0.05, 0) is 37.0 Å². The van der Waals surface area contributed by atoms with E-state index in [9.17, 15) is 4.79 Å². The number of fused-ring (bicyclic) bond motifs is 1. The summed E-state index contributed by atoms with van der Waals surface area (Å²) < 4.78 is 5.41. The average Bonchev–Trinajstić information content (AvgIpc) is 2.92. The van der Waals surface area contributed by atoms with E-state index in [1.54, 1.807) is 0 Å². The van der Waals surface area contributed by atoms with Crippen molar-refractivity contribution in [3.8, 4) is 0 Å². The van der Waals surface area contributed by atoms with Crippen molar-refractivity contribution in [2.24, 2.45) is 0 Å². The summed E-state index contributed by atoms with van der Waals surface area (Å²) in [6, 6.07) is 7.85. The summed E-state index contributed by atoms with van der Waals surface area (Å²) in [5, 5.41) is 10.4. The maximum atomic E-state index is 11.0. The molecule has 0 fully saturated rings. The number of carbonyl (C=O) groups excluding carboxylic acids is 1. The Balaban J connectivity index is 1.52. The molecule has 3 rings (SSSR count). The highest BCUT2D eigenvalue weighted by Gasteiger charge is 2.18. The molecular weight excluding hydrogens is 278 g/mol. The number of nitrogens with one attached hydrogen (secondary N) is 2. The Kier molecular flexibility index (Phi) is 4.53. The van der Waals surface area contributed by atoms with Crippen molar-refractivity contribution in [2.75, 3.05) is 5.32 Å². The van der Waals surface area contributed by atoms with E-state index in [0.29, 0.717) is 0 Å². The second-order valence-corrected chi connectivity index (χ2v) is 5.72. The van der Waals surface area contributed by atoms with Crippen LogP contribution in [0.3, 0.4) is 0 Å². The van der Waals surface area contributed by atoms with Gasteiger partial charge in [0, 0.05) is 37.7 Å². The number of carbonyl (C=O) groups is 1. The van der Waals surface area contributed by atoms with Crippen LogP contribution in [-0.2, 0) is 30.7 Å². The van der Waals surface area contributed by atoms with Crippen LogP contribution in [0.4, 0.5) is 5.69 Å². The van der Waals surface area contributed by atoms with Crippen molar-refractivity contribution >= 4 is 11.6 Å². The molecule has 0 spiro atoms. The molecule has 0 aliphatic heterocycles. The molecule has 5 heteroatoms. The molecule has 2 N–H and O–H groups in total. The third-order valence-corrected chi connectivity index (χ3v) is 3.93. The Labute approximate surface area is 130 Å². The average molecular weight is 299 g/mol. The van der Waals surface area contributed by atoms with Crippen molar-refractivity contribution in [1.29, 1.82) is 0 Å². The van der Waals surface area contributed by atoms with Gasteiger partial charge in [-0.3, -0.25) is 4.79 Å². The standard InChI is InChI=1S/C17H21N3O2/c1-12(21)19-14-8-6-13(7-9-14)10-18-11-16-15-4-2-3-5-17(15)22-20-16/h6-9,18H,2-5,10-11H2,1H3,(H,19,21). The highest BCUT2D eigenvalue weighted by atomic mass is 16.5. The maximum absolute atomic E-state index is 11.0. The normalized spacial score (nSPS) is 13.7. The summed E-state index contributed by atoms with van der Waals surface area (Å²) in [6.07, 6.45) is 4.54. The Morgan fingerprint density at radius 3 is 2.73 bits per heavy atom. The van der Waals surface area contributed by atoms with Crippen LogP contribution in [0.25, 0.3) is 0 Å². The van der Waals surface area contributed by atoms with E-state index in [1.807, 2.05) is 24.3 Å². The number of hydrogen-bond donors (Lipinski definition) is 2. The fraction of sp³-hybridized carbons (Fsp3) is 0.412. The Hall–Kier alpha value is -2.14. The lowest BCUT2D eigenvalue weighted by Crippen LogP contribution is -2.15. The molecule has 22 heavy (non-hydrogen) atoms. The van der Waals surface area contributed by atoms with Crippen LogP contribution in [-0.4, -0.2) is 11.1 Å². The highest BCUT2D eigenvalue weighted by molar-refractivity contribution is 5.88. The van der Waals surface area contributed by atoms with Crippen LogP contribution < -0.4 is 10.6 Å². The Morgan fingerprint density at radius 1 is 1.18 bits per heavy atom. The first-order valence-corrected chi connectivity index (χ1v) is 7.76. The molecule has 0 radical (unpaired) electrons. The second kappa shape index (κ2) is 6.75. The van der Waals surface area contributed by atoms with Crippen molar-refractivity contribution in [3.63, 3.8) is 0 Å². The minimum absolute atomic E-state index is 0.0540. The summed E-state index contributed by atoms with van der Waals surface area (Å²) in [6.45, 7) is 3.00. The molecule has 2 aromatic rings. The molecule has 1 aliphatic carbocycles. The van der Waals surface area contributed by atoms with Gasteiger partial charge in [-0.2, -0.15) is 0 Å². The Bertz CT molecular complexity index is 646. The van der Waals surface area contributed by atoms with E-state index >= 15 is 0 Å². The van der Waals surface area contributed by atoms with Crippen molar-refractivity contribution in [3.05, 3.63) is 46.8 Å². The van der Waals surface area contributed by atoms with E-state index in [0.717, 1.165) is 43.1 Å². The minimum atomic E-state index is -0.0540. The number of nitrogens with zero attached hydrogens (tertiary/aromatic N) is 1. The van der Waals surface area contributed by atoms with E-state index in [-0.39, 0.29) is 5.91 Å². The lowest BCUT2D eigenvalue weighted by molar-refractivity contribution is -0.114. The topological polar surface area (TPSA) is 67.2 Å². The predicted molar refractivity (Wildman–Crippen MR) is 84.4 cm³/mol. The van der Waals surface area contributed by atoms with Gasteiger partial charge in [-0.15, -0.1) is 0 Å². The summed E-state index contributed by atoms with van der Waals surface area (Å²) in [4.78, 5) is 11.0. The first-order valence-electron chi connectivity index (χ1n) is 7.76. The molecule has 0 unspecified atom stereocenters. The zero-order chi connectivity index (χ0) is 15.4. The smallest absolute Gasteiger partial charge is 0.221 e. The molecular formula is C17H21N3O2. The number of amides is 1. The number of aromatic nitrogens is 1. The highest BCUT2D eigenvalue weighted by Crippen LogP contribution is 2.24. The minimum Gasteiger partial charge on any atom is -0.361 e. The molecule has 0 saturated carbocycles. The number of hydrogen-bond acceptors (Lipinski definition) is 4. The van der Waals surface area contributed by atoms with Gasteiger partial charge in [-0.1, -0.05) is 17.3 Å². The number of anilines is 1. The third-order valence-electron chi connectivity index (χ3n) is 3.93. The molecule has 0 atom stereocenters. The van der Waals surface area contributed by atoms with Crippen LogP contribution >= 0.6 is 0 Å². The molecule has 1 heterocycles. The van der Waals surface area contributed by atoms with E-state index < -0.39 is 0 Å². The summed E-state index contributed by atoms with van der Waals surface area (Å²) >= 11 is 0. The van der Waals surface area contributed by atoms with Crippen LogP contribution in [0.5, 0.6) is 0 Å². The van der Waals surface area contributed by atoms with Gasteiger partial charge in [-0.25, -0.2) is 0 Å². The van der Waals surface area contributed by atoms with E-state index in [1.165, 1.54) is 30.9 Å². The van der Waals surface area contributed by atoms with Gasteiger partial charge < -0.3 is 15.2 Å². The summed E-state index contributed by atoms with van der Waals surface area (Å²) in [5.41, 5.74) is 4.35. The molecule has 5 nitrogen and oxygen atoms in total. The SMILES string of the molecule is CC(=O)Nc1ccc(CNCc2noc3c2CCCC3)cc1. The van der Waals surface area contributed by atoms with Gasteiger partial charge in [0.15, 0.2) is 0 Å². The summed E-state index contributed by atoms with van der Waals surface area (Å²) in [7, 11) is 0. The molecule has 1 aliphatic rings. The largest absolute Gasteiger partial charge is 0.361 e. The molecule has 0 saturated heterocycles. The van der Waals surface area contributed by atoms with Crippen molar-refractivity contribution in [1.82, 2.24) is 10.5 Å². The summed E-state index contributed by atoms with van der Waals surface area (Å²) in [5.74, 6) is 1.02. The second-order valence-electron chi connectivity index (χ2n) is 5.72. The van der Waals surface area contributed by atoms with Gasteiger partial charge >= 0.3 is 0 Å². The van der Waals surface area contributed by atoms with E-state index in [2.05, 4.69) is 15.8 Å². The quantitative estimate of drug-likeness (QED) is 0.891. The molecule has 1 aromatic carbocycles. The van der Waals surface area contributed by atoms with Crippen LogP contribution in [0.15, 0.2) is 28.8 Å².